The average molecular weight is 377 g/mol. The summed E-state index contributed by atoms with van der Waals surface area (Å²) in [4.78, 5) is 19.4. The van der Waals surface area contributed by atoms with Gasteiger partial charge in [-0.25, -0.2) is 4.98 Å². The molecule has 0 saturated carbocycles. The number of H-pyrrole nitrogens is 1. The van der Waals surface area contributed by atoms with Crippen molar-refractivity contribution in [1.82, 2.24) is 9.97 Å². The Morgan fingerprint density at radius 2 is 1.85 bits per heavy atom. The third-order valence-corrected chi connectivity index (χ3v) is 4.62. The molecule has 2 aromatic carbocycles. The van der Waals surface area contributed by atoms with Gasteiger partial charge in [0.2, 0.25) is 0 Å². The van der Waals surface area contributed by atoms with Crippen LogP contribution < -0.4 is 10.3 Å². The molecule has 6 heteroatoms. The molecule has 1 N–H and O–H groups in total. The summed E-state index contributed by atoms with van der Waals surface area (Å²) in [5, 5.41) is 10.1. The Morgan fingerprint density at radius 1 is 1.15 bits per heavy atom. The molecular formula is C21H19N3O2S. The highest BCUT2D eigenvalue weighted by Crippen LogP contribution is 2.26. The Balaban J connectivity index is 1.85. The van der Waals surface area contributed by atoms with Crippen LogP contribution in [0.3, 0.4) is 0 Å². The molecule has 0 fully saturated rings. The van der Waals surface area contributed by atoms with E-state index in [4.69, 9.17) is 4.74 Å². The fourth-order valence-electron chi connectivity index (χ4n) is 2.49. The summed E-state index contributed by atoms with van der Waals surface area (Å²) in [5.41, 5.74) is 1.77. The number of thioether (sulfide) groups is 1. The van der Waals surface area contributed by atoms with Gasteiger partial charge in [0.25, 0.3) is 5.56 Å². The fourth-order valence-corrected chi connectivity index (χ4v) is 3.24. The van der Waals surface area contributed by atoms with Crippen LogP contribution in [-0.2, 0) is 6.61 Å². The van der Waals surface area contributed by atoms with Gasteiger partial charge in [0.15, 0.2) is 5.16 Å². The molecule has 0 unspecified atom stereocenters. The van der Waals surface area contributed by atoms with E-state index in [0.717, 1.165) is 5.56 Å². The molecule has 0 aliphatic rings. The van der Waals surface area contributed by atoms with Crippen molar-refractivity contribution in [1.29, 1.82) is 5.26 Å². The molecule has 136 valence electrons. The van der Waals surface area contributed by atoms with E-state index in [2.05, 4.69) is 9.97 Å². The molecule has 0 amide bonds. The summed E-state index contributed by atoms with van der Waals surface area (Å²) in [6.07, 6.45) is 0. The van der Waals surface area contributed by atoms with E-state index in [9.17, 15) is 10.1 Å². The van der Waals surface area contributed by atoms with Crippen molar-refractivity contribution >= 4 is 11.8 Å². The van der Waals surface area contributed by atoms with Gasteiger partial charge in [0.05, 0.1) is 5.69 Å². The van der Waals surface area contributed by atoms with Gasteiger partial charge in [-0.3, -0.25) is 4.79 Å². The normalized spacial score (nSPS) is 10.6. The number of aromatic nitrogens is 2. The molecule has 0 bridgehead atoms. The molecule has 3 rings (SSSR count). The van der Waals surface area contributed by atoms with Crippen molar-refractivity contribution in [2.45, 2.75) is 30.9 Å². The van der Waals surface area contributed by atoms with E-state index in [1.54, 1.807) is 0 Å². The third-order valence-electron chi connectivity index (χ3n) is 3.73. The molecule has 0 saturated heterocycles. The molecule has 5 nitrogen and oxygen atoms in total. The van der Waals surface area contributed by atoms with E-state index >= 15 is 0 Å². The minimum atomic E-state index is -0.421. The summed E-state index contributed by atoms with van der Waals surface area (Å²) in [7, 11) is 0. The molecule has 27 heavy (non-hydrogen) atoms. The molecule has 0 radical (unpaired) electrons. The zero-order valence-electron chi connectivity index (χ0n) is 15.1. The highest BCUT2D eigenvalue weighted by atomic mass is 32.2. The van der Waals surface area contributed by atoms with E-state index in [-0.39, 0.29) is 10.8 Å². The van der Waals surface area contributed by atoms with Crippen molar-refractivity contribution < 1.29 is 4.74 Å². The van der Waals surface area contributed by atoms with Crippen LogP contribution in [0.25, 0.3) is 11.3 Å². The Hall–Kier alpha value is -3.04. The van der Waals surface area contributed by atoms with Crippen LogP contribution >= 0.6 is 11.8 Å². The summed E-state index contributed by atoms with van der Waals surface area (Å²) in [5.74, 6) is 0.711. The smallest absolute Gasteiger partial charge is 0.270 e. The van der Waals surface area contributed by atoms with Crippen LogP contribution in [0.4, 0.5) is 0 Å². The predicted octanol–water partition coefficient (Wildman–Crippen LogP) is 4.39. The standard InChI is InChI=1S/C21H19N3O2S/c1-14(2)27-21-23-19(18(12-22)20(25)24-21)16-8-10-17(11-9-16)26-13-15-6-4-3-5-7-15/h3-11,14H,13H2,1-2H3,(H,23,24,25). The summed E-state index contributed by atoms with van der Waals surface area (Å²) in [6, 6.07) is 19.1. The number of aromatic amines is 1. The van der Waals surface area contributed by atoms with Gasteiger partial charge >= 0.3 is 0 Å². The van der Waals surface area contributed by atoms with Crippen LogP contribution in [0.5, 0.6) is 5.75 Å². The molecule has 1 aromatic heterocycles. The first-order chi connectivity index (χ1) is 13.1. The minimum Gasteiger partial charge on any atom is -0.489 e. The second kappa shape index (κ2) is 8.56. The molecule has 0 atom stereocenters. The number of nitriles is 1. The average Bonchev–Trinajstić information content (AvgIpc) is 2.67. The zero-order chi connectivity index (χ0) is 19.2. The largest absolute Gasteiger partial charge is 0.489 e. The quantitative estimate of drug-likeness (QED) is 0.509. The SMILES string of the molecule is CC(C)Sc1nc(-c2ccc(OCc3ccccc3)cc2)c(C#N)c(=O)[nH]1. The first kappa shape index (κ1) is 18.7. The van der Waals surface area contributed by atoms with Crippen molar-refractivity contribution in [3.05, 3.63) is 76.1 Å². The number of benzene rings is 2. The van der Waals surface area contributed by atoms with Crippen LogP contribution in [0, 0.1) is 11.3 Å². The second-order valence-electron chi connectivity index (χ2n) is 6.17. The maximum absolute atomic E-state index is 12.2. The molecule has 0 spiro atoms. The molecule has 0 aliphatic carbocycles. The van der Waals surface area contributed by atoms with E-state index in [1.807, 2.05) is 74.5 Å². The van der Waals surface area contributed by atoms with Gasteiger partial charge in [0, 0.05) is 10.8 Å². The number of hydrogen-bond acceptors (Lipinski definition) is 5. The predicted molar refractivity (Wildman–Crippen MR) is 107 cm³/mol. The molecule has 1 heterocycles. The number of rotatable bonds is 6. The van der Waals surface area contributed by atoms with E-state index in [1.165, 1.54) is 11.8 Å². The Kier molecular flexibility index (Phi) is 5.94. The summed E-state index contributed by atoms with van der Waals surface area (Å²) >= 11 is 1.45. The van der Waals surface area contributed by atoms with Gasteiger partial charge in [0.1, 0.15) is 24.0 Å². The lowest BCUT2D eigenvalue weighted by molar-refractivity contribution is 0.306. The Labute approximate surface area is 162 Å². The van der Waals surface area contributed by atoms with Crippen molar-refractivity contribution in [3.63, 3.8) is 0 Å². The maximum Gasteiger partial charge on any atom is 0.270 e. The molecular weight excluding hydrogens is 358 g/mol. The highest BCUT2D eigenvalue weighted by molar-refractivity contribution is 7.99. The van der Waals surface area contributed by atoms with E-state index < -0.39 is 5.56 Å². The van der Waals surface area contributed by atoms with Crippen molar-refractivity contribution in [3.8, 4) is 23.1 Å². The van der Waals surface area contributed by atoms with Gasteiger partial charge in [-0.05, 0) is 29.8 Å². The van der Waals surface area contributed by atoms with E-state index in [0.29, 0.717) is 28.8 Å². The van der Waals surface area contributed by atoms with Crippen LogP contribution in [0.2, 0.25) is 0 Å². The monoisotopic (exact) mass is 377 g/mol. The highest BCUT2D eigenvalue weighted by Gasteiger charge is 2.14. The lowest BCUT2D eigenvalue weighted by atomic mass is 10.1. The third kappa shape index (κ3) is 4.78. The first-order valence-electron chi connectivity index (χ1n) is 8.55. The summed E-state index contributed by atoms with van der Waals surface area (Å²) in [6.45, 7) is 4.50. The van der Waals surface area contributed by atoms with Crippen LogP contribution in [0.15, 0.2) is 64.5 Å². The lowest BCUT2D eigenvalue weighted by Gasteiger charge is -2.09. The fraction of sp³-hybridized carbons (Fsp3) is 0.190. The second-order valence-corrected chi connectivity index (χ2v) is 7.74. The van der Waals surface area contributed by atoms with Crippen molar-refractivity contribution in [2.75, 3.05) is 0 Å². The minimum absolute atomic E-state index is 0.0149. The number of ether oxygens (including phenoxy) is 1. The van der Waals surface area contributed by atoms with Gasteiger partial charge in [-0.1, -0.05) is 55.9 Å². The van der Waals surface area contributed by atoms with Gasteiger partial charge in [-0.2, -0.15) is 5.26 Å². The Bertz CT molecular complexity index is 1010. The first-order valence-corrected chi connectivity index (χ1v) is 9.43. The molecule has 3 aromatic rings. The number of nitrogens with one attached hydrogen (secondary N) is 1. The topological polar surface area (TPSA) is 78.8 Å². The van der Waals surface area contributed by atoms with Crippen LogP contribution in [-0.4, -0.2) is 15.2 Å². The van der Waals surface area contributed by atoms with Gasteiger partial charge in [-0.15, -0.1) is 0 Å². The van der Waals surface area contributed by atoms with Crippen molar-refractivity contribution in [2.24, 2.45) is 0 Å². The lowest BCUT2D eigenvalue weighted by Crippen LogP contribution is -2.15. The van der Waals surface area contributed by atoms with Crippen LogP contribution in [0.1, 0.15) is 25.0 Å². The maximum atomic E-state index is 12.2. The summed E-state index contributed by atoms with van der Waals surface area (Å²) < 4.78 is 5.78. The number of nitrogens with zero attached hydrogens (tertiary/aromatic N) is 2. The Morgan fingerprint density at radius 3 is 2.48 bits per heavy atom. The number of hydrogen-bond donors (Lipinski definition) is 1. The molecule has 0 aliphatic heterocycles. The van der Waals surface area contributed by atoms with Gasteiger partial charge < -0.3 is 9.72 Å². The zero-order valence-corrected chi connectivity index (χ0v) is 15.9.